The van der Waals surface area contributed by atoms with Gasteiger partial charge in [0.25, 0.3) is 0 Å². The normalized spacial score (nSPS) is 12.8. The molecule has 0 saturated carbocycles. The SMILES string of the molecule is [2H]c1c([2H])c([2H])c(-c2ccc(-c3nc(-c4ccccc4)nc(-c4cc(-n5c6ccccc6c6ccccc65)cc5c4sc4cccc(-c6ccccc6)c45)n3)cc2)c([2H])c1[2H]. The van der Waals surface area contributed by atoms with E-state index < -0.39 is 6.04 Å². The molecule has 5 heteroatoms. The molecule has 8 aromatic carbocycles. The van der Waals surface area contributed by atoms with Crippen molar-refractivity contribution in [2.75, 3.05) is 0 Å². The lowest BCUT2D eigenvalue weighted by Crippen LogP contribution is -2.01. The van der Waals surface area contributed by atoms with Crippen LogP contribution in [0.5, 0.6) is 0 Å². The third kappa shape index (κ3) is 5.40. The fourth-order valence-corrected chi connectivity index (χ4v) is 9.01. The van der Waals surface area contributed by atoms with Crippen molar-refractivity contribution in [3.8, 4) is 62.1 Å². The molecule has 0 bridgehead atoms. The summed E-state index contributed by atoms with van der Waals surface area (Å²) in [6.45, 7) is 0. The van der Waals surface area contributed by atoms with Gasteiger partial charge in [-0.05, 0) is 52.6 Å². The van der Waals surface area contributed by atoms with Gasteiger partial charge in [-0.15, -0.1) is 11.3 Å². The Morgan fingerprint density at radius 1 is 0.429 bits per heavy atom. The van der Waals surface area contributed by atoms with E-state index in [1.165, 1.54) is 16.2 Å². The summed E-state index contributed by atoms with van der Waals surface area (Å²) in [6, 6.07) is 53.9. The molecule has 11 rings (SSSR count). The van der Waals surface area contributed by atoms with Crippen LogP contribution in [-0.2, 0) is 0 Å². The van der Waals surface area contributed by atoms with Crippen molar-refractivity contribution in [2.24, 2.45) is 0 Å². The Balaban J connectivity index is 1.19. The minimum atomic E-state index is -0.423. The zero-order valence-electron chi connectivity index (χ0n) is 34.8. The van der Waals surface area contributed by atoms with Crippen LogP contribution in [0, 0.1) is 0 Å². The van der Waals surface area contributed by atoms with Gasteiger partial charge in [0.15, 0.2) is 17.5 Å². The molecule has 262 valence electrons. The van der Waals surface area contributed by atoms with E-state index in [4.69, 9.17) is 21.8 Å². The van der Waals surface area contributed by atoms with Crippen molar-refractivity contribution < 1.29 is 6.85 Å². The number of benzene rings is 8. The molecule has 0 unspecified atom stereocenters. The molecule has 0 radical (unpaired) electrons. The Bertz CT molecular complexity index is 3450. The van der Waals surface area contributed by atoms with Gasteiger partial charge in [0.1, 0.15) is 0 Å². The van der Waals surface area contributed by atoms with Gasteiger partial charge in [0.05, 0.1) is 17.9 Å². The molecule has 0 saturated heterocycles. The van der Waals surface area contributed by atoms with E-state index in [0.717, 1.165) is 53.8 Å². The van der Waals surface area contributed by atoms with Crippen molar-refractivity contribution in [1.29, 1.82) is 0 Å². The second-order valence-corrected chi connectivity index (χ2v) is 14.7. The van der Waals surface area contributed by atoms with Gasteiger partial charge in [-0.1, -0.05) is 164 Å². The summed E-state index contributed by atoms with van der Waals surface area (Å²) >= 11 is 1.72. The number of hydrogen-bond donors (Lipinski definition) is 0. The zero-order chi connectivity index (χ0) is 41.4. The molecule has 3 heterocycles. The van der Waals surface area contributed by atoms with E-state index in [1.54, 1.807) is 23.5 Å². The molecule has 0 atom stereocenters. The highest BCUT2D eigenvalue weighted by atomic mass is 32.1. The Hall–Kier alpha value is -7.21. The molecule has 0 amide bonds. The standard InChI is InChI=1S/C51H32N4S/c1-4-15-33(16-5-1)34-27-29-37(30-28-34)50-52-49(36-19-8-3-9-20-36)53-51(54-50)43-32-38(55-44-24-12-10-21-40(44)41-22-11-13-25-45(41)55)31-42-47-39(35-17-6-2-7-18-35)23-14-26-46(47)56-48(42)43/h1-32H/i1D,4D,5D,15D,16D. The summed E-state index contributed by atoms with van der Waals surface area (Å²) in [6.07, 6.45) is 0. The van der Waals surface area contributed by atoms with Crippen LogP contribution in [0.25, 0.3) is 104 Å². The predicted octanol–water partition coefficient (Wildman–Crippen LogP) is 13.7. The van der Waals surface area contributed by atoms with Crippen LogP contribution < -0.4 is 0 Å². The first kappa shape index (κ1) is 27.4. The van der Waals surface area contributed by atoms with Gasteiger partial charge >= 0.3 is 0 Å². The fraction of sp³-hybridized carbons (Fsp3) is 0. The largest absolute Gasteiger partial charge is 0.309 e. The van der Waals surface area contributed by atoms with Crippen LogP contribution in [0.15, 0.2) is 194 Å². The number of aromatic nitrogens is 4. The average Bonchev–Trinajstić information content (AvgIpc) is 3.87. The molecular weight excluding hydrogens is 701 g/mol. The minimum absolute atomic E-state index is 0.141. The van der Waals surface area contributed by atoms with Crippen molar-refractivity contribution in [3.63, 3.8) is 0 Å². The summed E-state index contributed by atoms with van der Waals surface area (Å²) in [7, 11) is 0. The molecule has 0 spiro atoms. The summed E-state index contributed by atoms with van der Waals surface area (Å²) in [5.74, 6) is 1.47. The van der Waals surface area contributed by atoms with E-state index in [1.807, 2.05) is 48.5 Å². The number of rotatable bonds is 6. The third-order valence-electron chi connectivity index (χ3n) is 10.3. The van der Waals surface area contributed by atoms with Crippen LogP contribution in [0.3, 0.4) is 0 Å². The van der Waals surface area contributed by atoms with Crippen LogP contribution in [0.1, 0.15) is 6.85 Å². The number of thiophene rings is 1. The van der Waals surface area contributed by atoms with Crippen molar-refractivity contribution in [2.45, 2.75) is 0 Å². The number of fused-ring (bicyclic) bond motifs is 6. The fourth-order valence-electron chi connectivity index (χ4n) is 7.79. The molecule has 4 nitrogen and oxygen atoms in total. The highest BCUT2D eigenvalue weighted by Gasteiger charge is 2.22. The summed E-state index contributed by atoms with van der Waals surface area (Å²) in [5, 5.41) is 4.60. The number of hydrogen-bond acceptors (Lipinski definition) is 4. The maximum atomic E-state index is 8.56. The maximum absolute atomic E-state index is 8.56. The minimum Gasteiger partial charge on any atom is -0.309 e. The number of para-hydroxylation sites is 2. The van der Waals surface area contributed by atoms with E-state index in [9.17, 15) is 0 Å². The second-order valence-electron chi connectivity index (χ2n) is 13.6. The van der Waals surface area contributed by atoms with Gasteiger partial charge in [-0.25, -0.2) is 15.0 Å². The van der Waals surface area contributed by atoms with Crippen LogP contribution in [-0.4, -0.2) is 19.5 Å². The highest BCUT2D eigenvalue weighted by Crippen LogP contribution is 2.46. The maximum Gasteiger partial charge on any atom is 0.165 e. The quantitative estimate of drug-likeness (QED) is 0.171. The Morgan fingerprint density at radius 2 is 1.00 bits per heavy atom. The lowest BCUT2D eigenvalue weighted by Gasteiger charge is -2.13. The van der Waals surface area contributed by atoms with Crippen LogP contribution in [0.2, 0.25) is 0 Å². The molecule has 0 aliphatic carbocycles. The molecule has 0 N–H and O–H groups in total. The van der Waals surface area contributed by atoms with E-state index in [0.29, 0.717) is 28.6 Å². The predicted molar refractivity (Wildman–Crippen MR) is 234 cm³/mol. The van der Waals surface area contributed by atoms with Crippen LogP contribution >= 0.6 is 11.3 Å². The lowest BCUT2D eigenvalue weighted by molar-refractivity contribution is 1.07. The van der Waals surface area contributed by atoms with Gasteiger partial charge in [0.2, 0.25) is 0 Å². The average molecular weight is 738 g/mol. The smallest absolute Gasteiger partial charge is 0.165 e. The van der Waals surface area contributed by atoms with E-state index >= 15 is 0 Å². The Kier molecular flexibility index (Phi) is 6.49. The molecular formula is C51H32N4S. The Morgan fingerprint density at radius 3 is 1.68 bits per heavy atom. The first-order valence-electron chi connectivity index (χ1n) is 20.9. The van der Waals surface area contributed by atoms with E-state index in [-0.39, 0.29) is 29.7 Å². The van der Waals surface area contributed by atoms with Gasteiger partial charge in [0, 0.05) is 53.3 Å². The molecule has 0 aliphatic rings. The Labute approximate surface area is 334 Å². The topological polar surface area (TPSA) is 43.6 Å². The zero-order valence-corrected chi connectivity index (χ0v) is 30.6. The summed E-state index contributed by atoms with van der Waals surface area (Å²) < 4.78 is 46.2. The lowest BCUT2D eigenvalue weighted by atomic mass is 9.98. The monoisotopic (exact) mass is 737 g/mol. The molecule has 11 aromatic rings. The molecule has 0 aliphatic heterocycles. The van der Waals surface area contributed by atoms with Crippen molar-refractivity contribution in [3.05, 3.63) is 194 Å². The summed E-state index contributed by atoms with van der Waals surface area (Å²) in [4.78, 5) is 15.5. The van der Waals surface area contributed by atoms with Crippen molar-refractivity contribution in [1.82, 2.24) is 19.5 Å². The molecule has 56 heavy (non-hydrogen) atoms. The van der Waals surface area contributed by atoms with Gasteiger partial charge in [-0.2, -0.15) is 0 Å². The molecule has 0 fully saturated rings. The second kappa shape index (κ2) is 13.3. The highest BCUT2D eigenvalue weighted by molar-refractivity contribution is 7.26. The summed E-state index contributed by atoms with van der Waals surface area (Å²) in [5.41, 5.74) is 8.48. The molecule has 3 aromatic heterocycles. The first-order chi connectivity index (χ1) is 29.8. The number of nitrogens with zero attached hydrogens (tertiary/aromatic N) is 4. The van der Waals surface area contributed by atoms with E-state index in [2.05, 4.69) is 108 Å². The van der Waals surface area contributed by atoms with Crippen molar-refractivity contribution >= 4 is 53.3 Å². The first-order valence-corrected chi connectivity index (χ1v) is 19.2. The third-order valence-corrected chi connectivity index (χ3v) is 11.5. The van der Waals surface area contributed by atoms with Gasteiger partial charge < -0.3 is 4.57 Å². The van der Waals surface area contributed by atoms with Crippen LogP contribution in [0.4, 0.5) is 0 Å². The van der Waals surface area contributed by atoms with Gasteiger partial charge in [-0.3, -0.25) is 0 Å².